The number of aryl methyl sites for hydroxylation is 1. The van der Waals surface area contributed by atoms with Crippen molar-refractivity contribution in [1.82, 2.24) is 4.98 Å². The highest BCUT2D eigenvalue weighted by atomic mass is 32.1. The van der Waals surface area contributed by atoms with Crippen LogP contribution in [0.1, 0.15) is 26.5 Å². The molecule has 0 atom stereocenters. The van der Waals surface area contributed by atoms with Crippen LogP contribution in [0.15, 0.2) is 5.38 Å². The van der Waals surface area contributed by atoms with Crippen molar-refractivity contribution in [2.75, 3.05) is 24.5 Å². The van der Waals surface area contributed by atoms with E-state index >= 15 is 0 Å². The molecule has 0 spiro atoms. The first-order valence-corrected chi connectivity index (χ1v) is 6.44. The molecule has 86 valence electrons. The average Bonchev–Trinajstić information content (AvgIpc) is 2.64. The Kier molecular flexibility index (Phi) is 5.05. The first-order chi connectivity index (χ1) is 7.17. The van der Waals surface area contributed by atoms with E-state index in [1.165, 1.54) is 5.69 Å². The van der Waals surface area contributed by atoms with Gasteiger partial charge in [-0.05, 0) is 12.3 Å². The molecular weight excluding hydrogens is 206 g/mol. The van der Waals surface area contributed by atoms with E-state index in [4.69, 9.17) is 5.73 Å². The minimum absolute atomic E-state index is 0.644. The van der Waals surface area contributed by atoms with E-state index in [1.54, 1.807) is 11.3 Å². The molecule has 0 bridgehead atoms. The van der Waals surface area contributed by atoms with Crippen molar-refractivity contribution in [3.8, 4) is 0 Å². The highest BCUT2D eigenvalue weighted by Crippen LogP contribution is 2.21. The highest BCUT2D eigenvalue weighted by molar-refractivity contribution is 7.13. The van der Waals surface area contributed by atoms with E-state index in [9.17, 15) is 0 Å². The molecule has 1 aromatic heterocycles. The van der Waals surface area contributed by atoms with Crippen LogP contribution in [0.5, 0.6) is 0 Å². The van der Waals surface area contributed by atoms with Gasteiger partial charge < -0.3 is 10.6 Å². The summed E-state index contributed by atoms with van der Waals surface area (Å²) in [5.74, 6) is 0.644. The molecule has 2 N–H and O–H groups in total. The van der Waals surface area contributed by atoms with Crippen molar-refractivity contribution in [3.05, 3.63) is 11.1 Å². The van der Waals surface area contributed by atoms with Gasteiger partial charge >= 0.3 is 0 Å². The molecule has 0 radical (unpaired) electrons. The van der Waals surface area contributed by atoms with Crippen LogP contribution in [0.2, 0.25) is 0 Å². The average molecular weight is 227 g/mol. The largest absolute Gasteiger partial charge is 0.347 e. The van der Waals surface area contributed by atoms with Gasteiger partial charge in [0, 0.05) is 25.0 Å². The van der Waals surface area contributed by atoms with E-state index in [-0.39, 0.29) is 0 Å². The maximum Gasteiger partial charge on any atom is 0.185 e. The standard InChI is InChI=1S/C11H21N3S/c1-4-10-8-15-11(13-10)14(6-5-12)7-9(2)3/h8-9H,4-7,12H2,1-3H3. The summed E-state index contributed by atoms with van der Waals surface area (Å²) in [5, 5.41) is 3.25. The number of rotatable bonds is 6. The molecule has 0 unspecified atom stereocenters. The number of nitrogens with two attached hydrogens (primary N) is 1. The van der Waals surface area contributed by atoms with Crippen molar-refractivity contribution in [1.29, 1.82) is 0 Å². The van der Waals surface area contributed by atoms with Gasteiger partial charge in [0.05, 0.1) is 5.69 Å². The summed E-state index contributed by atoms with van der Waals surface area (Å²) >= 11 is 1.72. The van der Waals surface area contributed by atoms with Gasteiger partial charge in [-0.1, -0.05) is 20.8 Å². The molecule has 0 fully saturated rings. The molecule has 0 aromatic carbocycles. The van der Waals surface area contributed by atoms with Crippen molar-refractivity contribution in [2.24, 2.45) is 11.7 Å². The van der Waals surface area contributed by atoms with Crippen LogP contribution in [0.3, 0.4) is 0 Å². The van der Waals surface area contributed by atoms with Crippen molar-refractivity contribution >= 4 is 16.5 Å². The number of anilines is 1. The number of nitrogens with zero attached hydrogens (tertiary/aromatic N) is 2. The first kappa shape index (κ1) is 12.5. The van der Waals surface area contributed by atoms with Gasteiger partial charge in [-0.25, -0.2) is 4.98 Å². The lowest BCUT2D eigenvalue weighted by molar-refractivity contribution is 0.610. The van der Waals surface area contributed by atoms with Gasteiger partial charge in [0.25, 0.3) is 0 Å². The van der Waals surface area contributed by atoms with Crippen LogP contribution in [0, 0.1) is 5.92 Å². The Labute approximate surface area is 96.3 Å². The summed E-state index contributed by atoms with van der Waals surface area (Å²) in [6, 6.07) is 0. The second kappa shape index (κ2) is 6.08. The van der Waals surface area contributed by atoms with Crippen LogP contribution in [-0.2, 0) is 6.42 Å². The molecule has 4 heteroatoms. The predicted octanol–water partition coefficient (Wildman–Crippen LogP) is 2.13. The van der Waals surface area contributed by atoms with E-state index in [1.807, 2.05) is 0 Å². The zero-order chi connectivity index (χ0) is 11.3. The Morgan fingerprint density at radius 3 is 2.73 bits per heavy atom. The molecule has 1 aromatic rings. The molecular formula is C11H21N3S. The minimum atomic E-state index is 0.644. The molecule has 0 saturated heterocycles. The number of aromatic nitrogens is 1. The summed E-state index contributed by atoms with van der Waals surface area (Å²) in [4.78, 5) is 6.88. The number of hydrogen-bond donors (Lipinski definition) is 1. The van der Waals surface area contributed by atoms with Crippen LogP contribution >= 0.6 is 11.3 Å². The summed E-state index contributed by atoms with van der Waals surface area (Å²) < 4.78 is 0. The van der Waals surface area contributed by atoms with E-state index in [2.05, 4.69) is 36.0 Å². The van der Waals surface area contributed by atoms with Gasteiger partial charge in [0.1, 0.15) is 0 Å². The SMILES string of the molecule is CCc1csc(N(CCN)CC(C)C)n1. The van der Waals surface area contributed by atoms with Gasteiger partial charge in [0.2, 0.25) is 0 Å². The Hall–Kier alpha value is -0.610. The third-order valence-electron chi connectivity index (χ3n) is 2.16. The Morgan fingerprint density at radius 2 is 2.27 bits per heavy atom. The van der Waals surface area contributed by atoms with Crippen LogP contribution in [0.25, 0.3) is 0 Å². The molecule has 0 aliphatic heterocycles. The fraction of sp³-hybridized carbons (Fsp3) is 0.727. The van der Waals surface area contributed by atoms with Crippen molar-refractivity contribution < 1.29 is 0 Å². The quantitative estimate of drug-likeness (QED) is 0.809. The zero-order valence-corrected chi connectivity index (χ0v) is 10.7. The molecule has 0 saturated carbocycles. The van der Waals surface area contributed by atoms with Gasteiger partial charge in [-0.2, -0.15) is 0 Å². The molecule has 0 aliphatic rings. The van der Waals surface area contributed by atoms with Gasteiger partial charge in [-0.15, -0.1) is 11.3 Å². The topological polar surface area (TPSA) is 42.1 Å². The van der Waals surface area contributed by atoms with Crippen molar-refractivity contribution in [2.45, 2.75) is 27.2 Å². The molecule has 0 amide bonds. The monoisotopic (exact) mass is 227 g/mol. The van der Waals surface area contributed by atoms with Crippen LogP contribution in [-0.4, -0.2) is 24.6 Å². The predicted molar refractivity (Wildman–Crippen MR) is 67.6 cm³/mol. The maximum atomic E-state index is 5.62. The van der Waals surface area contributed by atoms with Crippen LogP contribution < -0.4 is 10.6 Å². The molecule has 1 heterocycles. The van der Waals surface area contributed by atoms with Gasteiger partial charge in [0.15, 0.2) is 5.13 Å². The summed E-state index contributed by atoms with van der Waals surface area (Å²) in [6.07, 6.45) is 1.01. The maximum absolute atomic E-state index is 5.62. The van der Waals surface area contributed by atoms with Gasteiger partial charge in [-0.3, -0.25) is 0 Å². The Morgan fingerprint density at radius 1 is 1.53 bits per heavy atom. The lowest BCUT2D eigenvalue weighted by Gasteiger charge is -2.22. The third kappa shape index (κ3) is 3.80. The van der Waals surface area contributed by atoms with E-state index < -0.39 is 0 Å². The second-order valence-corrected chi connectivity index (χ2v) is 4.94. The van der Waals surface area contributed by atoms with E-state index in [0.717, 1.165) is 24.6 Å². The minimum Gasteiger partial charge on any atom is -0.347 e. The third-order valence-corrected chi connectivity index (χ3v) is 3.11. The summed E-state index contributed by atoms with van der Waals surface area (Å²) in [5.41, 5.74) is 6.80. The smallest absolute Gasteiger partial charge is 0.185 e. The number of hydrogen-bond acceptors (Lipinski definition) is 4. The lowest BCUT2D eigenvalue weighted by atomic mass is 10.2. The normalized spacial score (nSPS) is 11.0. The Bertz CT molecular complexity index is 283. The molecule has 0 aliphatic carbocycles. The lowest BCUT2D eigenvalue weighted by Crippen LogP contribution is -2.32. The van der Waals surface area contributed by atoms with E-state index in [0.29, 0.717) is 12.5 Å². The highest BCUT2D eigenvalue weighted by Gasteiger charge is 2.11. The summed E-state index contributed by atoms with van der Waals surface area (Å²) in [7, 11) is 0. The second-order valence-electron chi connectivity index (χ2n) is 4.10. The molecule has 15 heavy (non-hydrogen) atoms. The zero-order valence-electron chi connectivity index (χ0n) is 9.86. The first-order valence-electron chi connectivity index (χ1n) is 5.56. The fourth-order valence-corrected chi connectivity index (χ4v) is 2.41. The molecule has 3 nitrogen and oxygen atoms in total. The van der Waals surface area contributed by atoms with Crippen LogP contribution in [0.4, 0.5) is 5.13 Å². The Balaban J connectivity index is 2.69. The van der Waals surface area contributed by atoms with Crippen molar-refractivity contribution in [3.63, 3.8) is 0 Å². The number of thiazole rings is 1. The molecule has 1 rings (SSSR count). The fourth-order valence-electron chi connectivity index (χ4n) is 1.47. The summed E-state index contributed by atoms with van der Waals surface area (Å²) in [6.45, 7) is 9.20.